The number of aromatic nitrogens is 2. The third-order valence-electron chi connectivity index (χ3n) is 5.98. The summed E-state index contributed by atoms with van der Waals surface area (Å²) in [4.78, 5) is 26.7. The van der Waals surface area contributed by atoms with Crippen molar-refractivity contribution in [1.29, 1.82) is 0 Å². The Labute approximate surface area is 195 Å². The number of anilines is 1. The van der Waals surface area contributed by atoms with Crippen LogP contribution in [-0.4, -0.2) is 47.0 Å². The molecule has 1 amide bonds. The first-order valence-corrected chi connectivity index (χ1v) is 11.5. The first-order chi connectivity index (χ1) is 15.4. The highest BCUT2D eigenvalue weighted by Crippen LogP contribution is 2.26. The van der Waals surface area contributed by atoms with E-state index in [1.54, 1.807) is 24.3 Å². The lowest BCUT2D eigenvalue weighted by atomic mass is 10.0. The second kappa shape index (κ2) is 9.70. The molecule has 2 heterocycles. The lowest BCUT2D eigenvalue weighted by Crippen LogP contribution is -2.49. The molecule has 5 nitrogen and oxygen atoms in total. The molecule has 1 aliphatic heterocycles. The Bertz CT molecular complexity index is 1090. The van der Waals surface area contributed by atoms with Gasteiger partial charge in [-0.05, 0) is 50.1 Å². The number of rotatable bonds is 5. The molecule has 0 atom stereocenters. The number of amides is 1. The maximum Gasteiger partial charge on any atom is 0.253 e. The maximum absolute atomic E-state index is 12.9. The molecule has 0 bridgehead atoms. The van der Waals surface area contributed by atoms with E-state index in [4.69, 9.17) is 21.6 Å². The third kappa shape index (κ3) is 4.94. The predicted octanol–water partition coefficient (Wildman–Crippen LogP) is 4.86. The van der Waals surface area contributed by atoms with Gasteiger partial charge in [0.05, 0.1) is 0 Å². The molecule has 0 N–H and O–H groups in total. The molecule has 1 saturated heterocycles. The van der Waals surface area contributed by atoms with Gasteiger partial charge in [-0.15, -0.1) is 0 Å². The van der Waals surface area contributed by atoms with Gasteiger partial charge in [-0.2, -0.15) is 0 Å². The van der Waals surface area contributed by atoms with Crippen LogP contribution in [0.2, 0.25) is 5.02 Å². The van der Waals surface area contributed by atoms with E-state index in [1.807, 2.05) is 11.8 Å². The van der Waals surface area contributed by atoms with E-state index in [0.29, 0.717) is 23.7 Å². The summed E-state index contributed by atoms with van der Waals surface area (Å²) >= 11 is 5.96. The van der Waals surface area contributed by atoms with Crippen LogP contribution >= 0.6 is 11.6 Å². The molecule has 3 aromatic rings. The number of carbonyl (C=O) groups excluding carboxylic acids is 1. The van der Waals surface area contributed by atoms with Crippen LogP contribution in [0.15, 0.2) is 48.5 Å². The zero-order chi connectivity index (χ0) is 22.7. The van der Waals surface area contributed by atoms with Crippen molar-refractivity contribution in [2.45, 2.75) is 33.6 Å². The van der Waals surface area contributed by atoms with E-state index in [9.17, 15) is 4.79 Å². The first kappa shape index (κ1) is 22.3. The molecule has 4 rings (SSSR count). The summed E-state index contributed by atoms with van der Waals surface area (Å²) < 4.78 is 0. The van der Waals surface area contributed by atoms with Crippen LogP contribution in [0.5, 0.6) is 0 Å². The maximum atomic E-state index is 12.9. The minimum Gasteiger partial charge on any atom is -0.353 e. The average Bonchev–Trinajstić information content (AvgIpc) is 2.81. The Balaban J connectivity index is 1.54. The fourth-order valence-corrected chi connectivity index (χ4v) is 4.31. The van der Waals surface area contributed by atoms with Gasteiger partial charge in [0.2, 0.25) is 0 Å². The number of aryl methyl sites for hydroxylation is 3. The van der Waals surface area contributed by atoms with Gasteiger partial charge in [-0.3, -0.25) is 4.79 Å². The van der Waals surface area contributed by atoms with E-state index in [0.717, 1.165) is 43.3 Å². The van der Waals surface area contributed by atoms with Crippen molar-refractivity contribution >= 4 is 23.3 Å². The van der Waals surface area contributed by atoms with Crippen LogP contribution in [0.4, 0.5) is 5.82 Å². The van der Waals surface area contributed by atoms with Crippen molar-refractivity contribution in [2.24, 2.45) is 0 Å². The van der Waals surface area contributed by atoms with Gasteiger partial charge in [0, 0.05) is 54.4 Å². The van der Waals surface area contributed by atoms with E-state index >= 15 is 0 Å². The van der Waals surface area contributed by atoms with Crippen LogP contribution < -0.4 is 4.90 Å². The predicted molar refractivity (Wildman–Crippen MR) is 130 cm³/mol. The molecular weight excluding hydrogens is 420 g/mol. The van der Waals surface area contributed by atoms with Gasteiger partial charge in [-0.25, -0.2) is 9.97 Å². The summed E-state index contributed by atoms with van der Waals surface area (Å²) in [5, 5.41) is 0.637. The van der Waals surface area contributed by atoms with E-state index in [-0.39, 0.29) is 5.91 Å². The molecule has 166 valence electrons. The molecule has 32 heavy (non-hydrogen) atoms. The summed E-state index contributed by atoms with van der Waals surface area (Å²) in [5.74, 6) is 1.85. The molecule has 0 saturated carbocycles. The Kier molecular flexibility index (Phi) is 6.75. The highest BCUT2D eigenvalue weighted by atomic mass is 35.5. The van der Waals surface area contributed by atoms with Crippen LogP contribution in [0, 0.1) is 13.8 Å². The number of halogens is 1. The molecule has 0 spiro atoms. The molecule has 1 aliphatic rings. The SMILES string of the molecule is CCc1nc(C)nc(N2CCN(C(=O)c3ccc(Cl)cc3)CC2)c1Cc1ccc(C)cc1. The van der Waals surface area contributed by atoms with E-state index in [1.165, 1.54) is 16.7 Å². The number of carbonyl (C=O) groups is 1. The Morgan fingerprint density at radius 2 is 1.59 bits per heavy atom. The lowest BCUT2D eigenvalue weighted by molar-refractivity contribution is 0.0746. The van der Waals surface area contributed by atoms with Crippen molar-refractivity contribution in [1.82, 2.24) is 14.9 Å². The van der Waals surface area contributed by atoms with Crippen molar-refractivity contribution in [2.75, 3.05) is 31.1 Å². The normalized spacial score (nSPS) is 14.0. The van der Waals surface area contributed by atoms with Gasteiger partial charge in [0.25, 0.3) is 5.91 Å². The quantitative estimate of drug-likeness (QED) is 0.559. The summed E-state index contributed by atoms with van der Waals surface area (Å²) in [7, 11) is 0. The molecule has 0 unspecified atom stereocenters. The Hall–Kier alpha value is -2.92. The van der Waals surface area contributed by atoms with E-state index < -0.39 is 0 Å². The van der Waals surface area contributed by atoms with Gasteiger partial charge in [0.1, 0.15) is 11.6 Å². The van der Waals surface area contributed by atoms with Gasteiger partial charge in [0.15, 0.2) is 0 Å². The average molecular weight is 449 g/mol. The Morgan fingerprint density at radius 1 is 0.938 bits per heavy atom. The molecule has 2 aromatic carbocycles. The largest absolute Gasteiger partial charge is 0.353 e. The molecule has 0 aliphatic carbocycles. The van der Waals surface area contributed by atoms with Gasteiger partial charge in [-0.1, -0.05) is 48.4 Å². The molecule has 0 radical (unpaired) electrons. The summed E-state index contributed by atoms with van der Waals surface area (Å²) in [6.07, 6.45) is 1.68. The summed E-state index contributed by atoms with van der Waals surface area (Å²) in [6.45, 7) is 9.03. The minimum atomic E-state index is 0.0503. The summed E-state index contributed by atoms with van der Waals surface area (Å²) in [5.41, 5.74) is 5.49. The van der Waals surface area contributed by atoms with Crippen LogP contribution in [-0.2, 0) is 12.8 Å². The van der Waals surface area contributed by atoms with Crippen molar-refractivity contribution in [3.63, 3.8) is 0 Å². The van der Waals surface area contributed by atoms with Crippen LogP contribution in [0.3, 0.4) is 0 Å². The molecule has 1 fully saturated rings. The zero-order valence-electron chi connectivity index (χ0n) is 18.9. The van der Waals surface area contributed by atoms with Crippen LogP contribution in [0.1, 0.15) is 45.5 Å². The Morgan fingerprint density at radius 3 is 2.22 bits per heavy atom. The fourth-order valence-electron chi connectivity index (χ4n) is 4.18. The minimum absolute atomic E-state index is 0.0503. The van der Waals surface area contributed by atoms with Crippen molar-refractivity contribution < 1.29 is 4.79 Å². The lowest BCUT2D eigenvalue weighted by Gasteiger charge is -2.36. The number of nitrogens with zero attached hydrogens (tertiary/aromatic N) is 4. The van der Waals surface area contributed by atoms with Crippen molar-refractivity contribution in [3.8, 4) is 0 Å². The number of piperazine rings is 1. The van der Waals surface area contributed by atoms with Gasteiger partial charge >= 0.3 is 0 Å². The zero-order valence-corrected chi connectivity index (χ0v) is 19.7. The molecule has 6 heteroatoms. The fraction of sp³-hybridized carbons (Fsp3) is 0.346. The summed E-state index contributed by atoms with van der Waals surface area (Å²) in [6, 6.07) is 15.8. The number of hydrogen-bond acceptors (Lipinski definition) is 4. The van der Waals surface area contributed by atoms with Crippen molar-refractivity contribution in [3.05, 3.63) is 87.3 Å². The number of hydrogen-bond donors (Lipinski definition) is 0. The highest BCUT2D eigenvalue weighted by molar-refractivity contribution is 6.30. The topological polar surface area (TPSA) is 49.3 Å². The standard InChI is InChI=1S/C26H29ClN4O/c1-4-24-23(17-20-7-5-18(2)6-8-20)25(29-19(3)28-24)30-13-15-31(16-14-30)26(32)21-9-11-22(27)12-10-21/h5-12H,4,13-17H2,1-3H3. The monoisotopic (exact) mass is 448 g/mol. The third-order valence-corrected chi connectivity index (χ3v) is 6.23. The molecular formula is C26H29ClN4O. The van der Waals surface area contributed by atoms with E-state index in [2.05, 4.69) is 43.0 Å². The molecule has 1 aromatic heterocycles. The second-order valence-electron chi connectivity index (χ2n) is 8.32. The van der Waals surface area contributed by atoms with Gasteiger partial charge < -0.3 is 9.80 Å². The highest BCUT2D eigenvalue weighted by Gasteiger charge is 2.25. The second-order valence-corrected chi connectivity index (χ2v) is 8.76. The first-order valence-electron chi connectivity index (χ1n) is 11.2. The smallest absolute Gasteiger partial charge is 0.253 e. The van der Waals surface area contributed by atoms with Crippen LogP contribution in [0.25, 0.3) is 0 Å². The number of benzene rings is 2.